The van der Waals surface area contributed by atoms with Gasteiger partial charge in [-0.2, -0.15) is 0 Å². The zero-order valence-electron chi connectivity index (χ0n) is 11.6. The molecule has 3 rings (SSSR count). The average Bonchev–Trinajstić information content (AvgIpc) is 2.47. The van der Waals surface area contributed by atoms with Gasteiger partial charge in [0.1, 0.15) is 5.75 Å². The van der Waals surface area contributed by atoms with E-state index in [9.17, 15) is 0 Å². The smallest absolute Gasteiger partial charge is 0.124 e. The zero-order chi connectivity index (χ0) is 13.1. The topological polar surface area (TPSA) is 30.5 Å². The third-order valence-electron chi connectivity index (χ3n) is 4.29. The van der Waals surface area contributed by atoms with Crippen LogP contribution in [0.2, 0.25) is 0 Å². The molecule has 2 atom stereocenters. The molecule has 0 radical (unpaired) electrons. The standard InChI is InChI=1S/C16H23NO2/c1-12-11-19-15-5-3-2-4-14(15)16(12)17-10-13-6-8-18-9-7-13/h2-5,12-13,16-17H,6-11H2,1H3. The van der Waals surface area contributed by atoms with E-state index in [1.807, 2.05) is 6.07 Å². The predicted molar refractivity (Wildman–Crippen MR) is 75.4 cm³/mol. The Bertz CT molecular complexity index is 415. The molecule has 1 N–H and O–H groups in total. The number of para-hydroxylation sites is 1. The Hall–Kier alpha value is -1.06. The molecule has 3 nitrogen and oxygen atoms in total. The van der Waals surface area contributed by atoms with Gasteiger partial charge in [-0.1, -0.05) is 25.1 Å². The van der Waals surface area contributed by atoms with E-state index < -0.39 is 0 Å². The van der Waals surface area contributed by atoms with E-state index in [-0.39, 0.29) is 0 Å². The molecule has 0 spiro atoms. The number of nitrogens with one attached hydrogen (secondary N) is 1. The predicted octanol–water partition coefficient (Wildman–Crippen LogP) is 2.77. The highest BCUT2D eigenvalue weighted by Gasteiger charge is 2.28. The Morgan fingerprint density at radius 1 is 1.21 bits per heavy atom. The van der Waals surface area contributed by atoms with Gasteiger partial charge in [0.25, 0.3) is 0 Å². The zero-order valence-corrected chi connectivity index (χ0v) is 11.6. The number of benzene rings is 1. The number of ether oxygens (including phenoxy) is 2. The van der Waals surface area contributed by atoms with Crippen LogP contribution in [0.15, 0.2) is 24.3 Å². The maximum atomic E-state index is 5.80. The molecule has 3 heteroatoms. The van der Waals surface area contributed by atoms with Gasteiger partial charge in [0.15, 0.2) is 0 Å². The highest BCUT2D eigenvalue weighted by molar-refractivity contribution is 5.37. The Kier molecular flexibility index (Phi) is 4.04. The molecule has 1 saturated heterocycles. The monoisotopic (exact) mass is 261 g/mol. The number of fused-ring (bicyclic) bond motifs is 1. The molecule has 0 saturated carbocycles. The minimum atomic E-state index is 0.424. The van der Waals surface area contributed by atoms with Crippen molar-refractivity contribution in [2.24, 2.45) is 11.8 Å². The molecule has 1 aromatic carbocycles. The molecule has 1 aromatic rings. The molecule has 0 aromatic heterocycles. The molecule has 2 heterocycles. The molecular formula is C16H23NO2. The van der Waals surface area contributed by atoms with Crippen molar-refractivity contribution in [2.45, 2.75) is 25.8 Å². The van der Waals surface area contributed by atoms with E-state index in [0.29, 0.717) is 12.0 Å². The summed E-state index contributed by atoms with van der Waals surface area (Å²) in [6, 6.07) is 8.83. The van der Waals surface area contributed by atoms with E-state index in [4.69, 9.17) is 9.47 Å². The lowest BCUT2D eigenvalue weighted by Gasteiger charge is -2.34. The van der Waals surface area contributed by atoms with Gasteiger partial charge >= 0.3 is 0 Å². The third kappa shape index (κ3) is 2.93. The first-order chi connectivity index (χ1) is 9.34. The lowest BCUT2D eigenvalue weighted by molar-refractivity contribution is 0.0636. The molecule has 2 unspecified atom stereocenters. The fourth-order valence-corrected chi connectivity index (χ4v) is 3.05. The number of hydrogen-bond acceptors (Lipinski definition) is 3. The summed E-state index contributed by atoms with van der Waals surface area (Å²) in [5, 5.41) is 3.76. The molecule has 104 valence electrons. The van der Waals surface area contributed by atoms with Crippen molar-refractivity contribution < 1.29 is 9.47 Å². The van der Waals surface area contributed by atoms with Crippen molar-refractivity contribution in [2.75, 3.05) is 26.4 Å². The molecule has 2 aliphatic rings. The lowest BCUT2D eigenvalue weighted by Crippen LogP contribution is -2.37. The van der Waals surface area contributed by atoms with Crippen molar-refractivity contribution in [1.29, 1.82) is 0 Å². The molecule has 0 amide bonds. The van der Waals surface area contributed by atoms with Gasteiger partial charge in [-0.25, -0.2) is 0 Å². The summed E-state index contributed by atoms with van der Waals surface area (Å²) in [4.78, 5) is 0. The molecule has 2 aliphatic heterocycles. The van der Waals surface area contributed by atoms with Crippen LogP contribution in [0.3, 0.4) is 0 Å². The minimum Gasteiger partial charge on any atom is -0.493 e. The number of hydrogen-bond donors (Lipinski definition) is 1. The largest absolute Gasteiger partial charge is 0.493 e. The van der Waals surface area contributed by atoms with E-state index in [0.717, 1.165) is 38.0 Å². The first-order valence-electron chi connectivity index (χ1n) is 7.37. The Morgan fingerprint density at radius 3 is 2.84 bits per heavy atom. The highest BCUT2D eigenvalue weighted by Crippen LogP contribution is 2.35. The van der Waals surface area contributed by atoms with Crippen molar-refractivity contribution in [3.63, 3.8) is 0 Å². The average molecular weight is 261 g/mol. The Morgan fingerprint density at radius 2 is 2.00 bits per heavy atom. The highest BCUT2D eigenvalue weighted by atomic mass is 16.5. The van der Waals surface area contributed by atoms with Crippen LogP contribution < -0.4 is 10.1 Å². The molecule has 0 bridgehead atoms. The number of rotatable bonds is 3. The second kappa shape index (κ2) is 5.93. The van der Waals surface area contributed by atoms with Crippen molar-refractivity contribution in [1.82, 2.24) is 5.32 Å². The fraction of sp³-hybridized carbons (Fsp3) is 0.625. The van der Waals surface area contributed by atoms with Crippen LogP contribution in [0.1, 0.15) is 31.4 Å². The SMILES string of the molecule is CC1COc2ccccc2C1NCC1CCOCC1. The summed E-state index contributed by atoms with van der Waals surface area (Å²) >= 11 is 0. The first kappa shape index (κ1) is 12.9. The van der Waals surface area contributed by atoms with Crippen LogP contribution in [0.25, 0.3) is 0 Å². The van der Waals surface area contributed by atoms with Gasteiger partial charge in [0.05, 0.1) is 6.61 Å². The first-order valence-corrected chi connectivity index (χ1v) is 7.37. The van der Waals surface area contributed by atoms with E-state index >= 15 is 0 Å². The maximum absolute atomic E-state index is 5.80. The van der Waals surface area contributed by atoms with Crippen molar-refractivity contribution in [3.8, 4) is 5.75 Å². The third-order valence-corrected chi connectivity index (χ3v) is 4.29. The van der Waals surface area contributed by atoms with Crippen LogP contribution in [0.5, 0.6) is 5.75 Å². The summed E-state index contributed by atoms with van der Waals surface area (Å²) in [6.07, 6.45) is 2.37. The van der Waals surface area contributed by atoms with Gasteiger partial charge in [0, 0.05) is 30.7 Å². The normalized spacial score (nSPS) is 27.6. The van der Waals surface area contributed by atoms with Crippen LogP contribution in [-0.4, -0.2) is 26.4 Å². The molecule has 0 aliphatic carbocycles. The summed E-state index contributed by atoms with van der Waals surface area (Å²) in [5.41, 5.74) is 1.31. The molecule has 19 heavy (non-hydrogen) atoms. The summed E-state index contributed by atoms with van der Waals surface area (Å²) in [5.74, 6) is 2.33. The van der Waals surface area contributed by atoms with Gasteiger partial charge in [-0.15, -0.1) is 0 Å². The van der Waals surface area contributed by atoms with Crippen LogP contribution >= 0.6 is 0 Å². The minimum absolute atomic E-state index is 0.424. The van der Waals surface area contributed by atoms with Gasteiger partial charge in [0.2, 0.25) is 0 Å². The summed E-state index contributed by atoms with van der Waals surface area (Å²) < 4.78 is 11.2. The van der Waals surface area contributed by atoms with E-state index in [1.165, 1.54) is 18.4 Å². The Balaban J connectivity index is 1.65. The van der Waals surface area contributed by atoms with E-state index in [1.54, 1.807) is 0 Å². The quantitative estimate of drug-likeness (QED) is 0.907. The van der Waals surface area contributed by atoms with E-state index in [2.05, 4.69) is 30.4 Å². The lowest BCUT2D eigenvalue weighted by atomic mass is 9.91. The van der Waals surface area contributed by atoms with Gasteiger partial charge in [-0.3, -0.25) is 0 Å². The second-order valence-electron chi connectivity index (χ2n) is 5.77. The van der Waals surface area contributed by atoms with Gasteiger partial charge < -0.3 is 14.8 Å². The fourth-order valence-electron chi connectivity index (χ4n) is 3.05. The van der Waals surface area contributed by atoms with Crippen LogP contribution in [0.4, 0.5) is 0 Å². The van der Waals surface area contributed by atoms with Crippen molar-refractivity contribution >= 4 is 0 Å². The molecular weight excluding hydrogens is 238 g/mol. The van der Waals surface area contributed by atoms with Crippen molar-refractivity contribution in [3.05, 3.63) is 29.8 Å². The Labute approximate surface area is 115 Å². The summed E-state index contributed by atoms with van der Waals surface area (Å²) in [6.45, 7) is 6.01. The summed E-state index contributed by atoms with van der Waals surface area (Å²) in [7, 11) is 0. The van der Waals surface area contributed by atoms with Crippen LogP contribution in [0, 0.1) is 11.8 Å². The molecule has 1 fully saturated rings. The van der Waals surface area contributed by atoms with Crippen LogP contribution in [-0.2, 0) is 4.74 Å². The maximum Gasteiger partial charge on any atom is 0.124 e. The van der Waals surface area contributed by atoms with Gasteiger partial charge in [-0.05, 0) is 31.4 Å². The second-order valence-corrected chi connectivity index (χ2v) is 5.77.